The highest BCUT2D eigenvalue weighted by atomic mass is 16.4. The molecule has 0 bridgehead atoms. The van der Waals surface area contributed by atoms with Gasteiger partial charge in [0.05, 0.1) is 12.5 Å². The molecule has 0 unspecified atom stereocenters. The van der Waals surface area contributed by atoms with Crippen LogP contribution in [-0.4, -0.2) is 131 Å². The third-order valence-electron chi connectivity index (χ3n) is 9.29. The summed E-state index contributed by atoms with van der Waals surface area (Å²) in [7, 11) is 0. The van der Waals surface area contributed by atoms with Crippen molar-refractivity contribution in [1.82, 2.24) is 31.9 Å². The molecular formula is C38H72N14O10. The Labute approximate surface area is 362 Å². The SMILES string of the molecule is CC(C)C[C@H](NC(=O)[C@H](CCCN=C(N)N)NC(=O)[C@H](CCCCN)NC(=O)[C@@H](NC(=O)[C@@H](N)CCCN=C(N)N)C(C)C)C(=O)N[C@H](C(=O)N[C@@H](CC(=O)O)C(=O)O)C(C)C. The number of guanidine groups is 2. The summed E-state index contributed by atoms with van der Waals surface area (Å²) >= 11 is 0. The number of amides is 6. The Morgan fingerprint density at radius 3 is 1.34 bits per heavy atom. The monoisotopic (exact) mass is 885 g/mol. The van der Waals surface area contributed by atoms with Crippen LogP contribution in [0.3, 0.4) is 0 Å². The first-order valence-electron chi connectivity index (χ1n) is 20.7. The summed E-state index contributed by atoms with van der Waals surface area (Å²) in [5.74, 6) is -9.19. The molecule has 0 radical (unpaired) electrons. The van der Waals surface area contributed by atoms with Crippen molar-refractivity contribution in [2.45, 2.75) is 142 Å². The molecule has 24 nitrogen and oxygen atoms in total. The van der Waals surface area contributed by atoms with E-state index in [9.17, 15) is 43.5 Å². The predicted octanol–water partition coefficient (Wildman–Crippen LogP) is -3.62. The fourth-order valence-corrected chi connectivity index (χ4v) is 5.91. The van der Waals surface area contributed by atoms with E-state index in [-0.39, 0.29) is 63.0 Å². The molecule has 24 heteroatoms. The minimum Gasteiger partial charge on any atom is -0.481 e. The highest BCUT2D eigenvalue weighted by Crippen LogP contribution is 2.12. The molecule has 7 atom stereocenters. The molecule has 0 saturated carbocycles. The van der Waals surface area contributed by atoms with E-state index in [1.165, 1.54) is 0 Å². The fourth-order valence-electron chi connectivity index (χ4n) is 5.91. The van der Waals surface area contributed by atoms with Gasteiger partial charge in [-0.05, 0) is 75.7 Å². The van der Waals surface area contributed by atoms with Crippen molar-refractivity contribution in [1.29, 1.82) is 0 Å². The number of unbranched alkanes of at least 4 members (excludes halogenated alkanes) is 1. The highest BCUT2D eigenvalue weighted by molar-refractivity contribution is 5.97. The second-order valence-electron chi connectivity index (χ2n) is 16.1. The van der Waals surface area contributed by atoms with Gasteiger partial charge in [0.2, 0.25) is 35.4 Å². The van der Waals surface area contributed by atoms with Crippen LogP contribution in [0, 0.1) is 17.8 Å². The number of aliphatic carboxylic acids is 2. The Balaban J connectivity index is 6.48. The molecule has 0 aromatic carbocycles. The van der Waals surface area contributed by atoms with Crippen molar-refractivity contribution in [2.75, 3.05) is 19.6 Å². The number of carbonyl (C=O) groups excluding carboxylic acids is 6. The summed E-state index contributed by atoms with van der Waals surface area (Å²) in [4.78, 5) is 112. The molecule has 0 aromatic heterocycles. The molecular weight excluding hydrogens is 813 g/mol. The molecule has 0 rings (SSSR count). The summed E-state index contributed by atoms with van der Waals surface area (Å²) in [6.45, 7) is 10.7. The molecule has 0 fully saturated rings. The molecule has 0 aromatic rings. The van der Waals surface area contributed by atoms with E-state index in [2.05, 4.69) is 41.9 Å². The van der Waals surface area contributed by atoms with Crippen LogP contribution in [0.1, 0.15) is 99.3 Å². The lowest BCUT2D eigenvalue weighted by molar-refractivity contribution is -0.147. The minimum atomic E-state index is -1.77. The second-order valence-corrected chi connectivity index (χ2v) is 16.1. The lowest BCUT2D eigenvalue weighted by Gasteiger charge is -2.29. The third-order valence-corrected chi connectivity index (χ3v) is 9.29. The van der Waals surface area contributed by atoms with E-state index in [0.717, 1.165) is 0 Å². The number of hydrogen-bond donors (Lipinski definition) is 14. The van der Waals surface area contributed by atoms with Crippen molar-refractivity contribution in [2.24, 2.45) is 62.1 Å². The van der Waals surface area contributed by atoms with Crippen LogP contribution in [0.25, 0.3) is 0 Å². The van der Waals surface area contributed by atoms with Crippen molar-refractivity contribution < 1.29 is 48.6 Å². The number of carbonyl (C=O) groups is 8. The normalized spacial score (nSPS) is 14.5. The van der Waals surface area contributed by atoms with Gasteiger partial charge in [-0.3, -0.25) is 43.5 Å². The third kappa shape index (κ3) is 23.3. The summed E-state index contributed by atoms with van der Waals surface area (Å²) < 4.78 is 0. The van der Waals surface area contributed by atoms with E-state index < -0.39 is 108 Å². The molecule has 6 amide bonds. The van der Waals surface area contributed by atoms with Gasteiger partial charge in [0.25, 0.3) is 0 Å². The highest BCUT2D eigenvalue weighted by Gasteiger charge is 2.35. The second kappa shape index (κ2) is 29.5. The Kier molecular flexibility index (Phi) is 26.7. The molecule has 0 saturated heterocycles. The lowest BCUT2D eigenvalue weighted by atomic mass is 9.99. The van der Waals surface area contributed by atoms with E-state index in [1.807, 2.05) is 0 Å². The minimum absolute atomic E-state index is 0.0310. The van der Waals surface area contributed by atoms with Crippen molar-refractivity contribution in [3.8, 4) is 0 Å². The topological polar surface area (TPSA) is 430 Å². The number of nitrogens with two attached hydrogens (primary N) is 6. The summed E-state index contributed by atoms with van der Waals surface area (Å²) in [6.07, 6.45) is 0.941. The Bertz CT molecular complexity index is 1550. The molecule has 0 heterocycles. The van der Waals surface area contributed by atoms with Gasteiger partial charge in [0.1, 0.15) is 36.3 Å². The van der Waals surface area contributed by atoms with Gasteiger partial charge in [-0.1, -0.05) is 41.5 Å². The number of carboxylic acids is 2. The smallest absolute Gasteiger partial charge is 0.326 e. The molecule has 62 heavy (non-hydrogen) atoms. The fraction of sp³-hybridized carbons (Fsp3) is 0.737. The Morgan fingerprint density at radius 1 is 0.516 bits per heavy atom. The maximum Gasteiger partial charge on any atom is 0.326 e. The molecule has 354 valence electrons. The van der Waals surface area contributed by atoms with Gasteiger partial charge in [-0.15, -0.1) is 0 Å². The lowest BCUT2D eigenvalue weighted by Crippen LogP contribution is -2.60. The van der Waals surface area contributed by atoms with Gasteiger partial charge < -0.3 is 76.5 Å². The van der Waals surface area contributed by atoms with Crippen LogP contribution < -0.4 is 66.3 Å². The van der Waals surface area contributed by atoms with Crippen molar-refractivity contribution in [3.63, 3.8) is 0 Å². The quantitative estimate of drug-likeness (QED) is 0.0182. The zero-order valence-electron chi connectivity index (χ0n) is 36.8. The Hall–Kier alpha value is -5.78. The van der Waals surface area contributed by atoms with Crippen molar-refractivity contribution >= 4 is 59.3 Å². The number of rotatable bonds is 31. The first kappa shape index (κ1) is 56.2. The summed E-state index contributed by atoms with van der Waals surface area (Å²) in [6, 6.07) is -8.97. The van der Waals surface area contributed by atoms with Crippen LogP contribution in [0.5, 0.6) is 0 Å². The van der Waals surface area contributed by atoms with Crippen LogP contribution in [0.2, 0.25) is 0 Å². The number of aliphatic imine (C=N–C) groups is 2. The van der Waals surface area contributed by atoms with Crippen LogP contribution in [-0.2, 0) is 38.4 Å². The van der Waals surface area contributed by atoms with Gasteiger partial charge in [-0.2, -0.15) is 0 Å². The molecule has 0 aliphatic rings. The van der Waals surface area contributed by atoms with E-state index in [1.54, 1.807) is 41.5 Å². The summed E-state index contributed by atoms with van der Waals surface area (Å²) in [5, 5.41) is 33.9. The molecule has 0 aliphatic heterocycles. The van der Waals surface area contributed by atoms with Crippen LogP contribution in [0.4, 0.5) is 0 Å². The van der Waals surface area contributed by atoms with Crippen molar-refractivity contribution in [3.05, 3.63) is 0 Å². The van der Waals surface area contributed by atoms with E-state index in [0.29, 0.717) is 25.8 Å². The van der Waals surface area contributed by atoms with Gasteiger partial charge >= 0.3 is 11.9 Å². The van der Waals surface area contributed by atoms with E-state index >= 15 is 0 Å². The Morgan fingerprint density at radius 2 is 0.919 bits per heavy atom. The largest absolute Gasteiger partial charge is 0.481 e. The maximum atomic E-state index is 14.0. The zero-order valence-corrected chi connectivity index (χ0v) is 36.8. The maximum absolute atomic E-state index is 14.0. The van der Waals surface area contributed by atoms with Crippen LogP contribution in [0.15, 0.2) is 9.98 Å². The van der Waals surface area contributed by atoms with Gasteiger partial charge in [-0.25, -0.2) is 4.79 Å². The zero-order chi connectivity index (χ0) is 47.7. The molecule has 0 spiro atoms. The number of carboxylic acid groups (broad SMARTS) is 2. The van der Waals surface area contributed by atoms with Gasteiger partial charge in [0.15, 0.2) is 11.9 Å². The number of nitrogens with one attached hydrogen (secondary N) is 6. The van der Waals surface area contributed by atoms with E-state index in [4.69, 9.17) is 39.5 Å². The molecule has 20 N–H and O–H groups in total. The van der Waals surface area contributed by atoms with Gasteiger partial charge in [0, 0.05) is 13.1 Å². The predicted molar refractivity (Wildman–Crippen MR) is 231 cm³/mol. The average molecular weight is 885 g/mol. The number of hydrogen-bond acceptors (Lipinski definition) is 12. The average Bonchev–Trinajstić information content (AvgIpc) is 3.16. The first-order chi connectivity index (χ1) is 28.9. The standard InChI is InChI=1S/C38H72N14O10/c1-19(2)17-25(33(58)52-29(21(5)6)35(60)50-26(36(61)62)18-27(53)54)49-32(57)24(13-10-16-46-38(43)44)47-31(56)23(12-7-8-14-39)48-34(59)28(20(3)4)51-30(55)22(40)11-9-15-45-37(41)42/h19-26,28-29H,7-18,39-40H2,1-6H3,(H,47,56)(H,48,59)(H,49,57)(H,50,60)(H,51,55)(H,52,58)(H,53,54)(H,61,62)(H4,41,42,45)(H4,43,44,46)/t22-,23-,24-,25-,26-,28-,29-/m0/s1. The number of nitrogens with zero attached hydrogens (tertiary/aromatic N) is 2. The molecule has 0 aliphatic carbocycles. The van der Waals surface area contributed by atoms with Crippen LogP contribution >= 0.6 is 0 Å². The first-order valence-corrected chi connectivity index (χ1v) is 20.7. The summed E-state index contributed by atoms with van der Waals surface area (Å²) in [5.41, 5.74) is 33.4.